The molecule has 0 saturated heterocycles. The summed E-state index contributed by atoms with van der Waals surface area (Å²) in [5, 5.41) is 3.00. The normalized spacial score (nSPS) is 10.9. The van der Waals surface area contributed by atoms with Gasteiger partial charge in [-0.15, -0.1) is 0 Å². The maximum absolute atomic E-state index is 11.5. The first-order valence-electron chi connectivity index (χ1n) is 5.15. The molecule has 1 aromatic carbocycles. The number of anilines is 1. The van der Waals surface area contributed by atoms with E-state index in [-0.39, 0.29) is 0 Å². The van der Waals surface area contributed by atoms with E-state index in [2.05, 4.69) is 5.32 Å². The number of ether oxygens (including phenoxy) is 2. The molecule has 0 saturated carbocycles. The molecule has 0 bridgehead atoms. The Hall–Kier alpha value is -1.42. The zero-order chi connectivity index (χ0) is 13.1. The van der Waals surface area contributed by atoms with Crippen LogP contribution < -0.4 is 10.1 Å². The van der Waals surface area contributed by atoms with E-state index >= 15 is 0 Å². The molecule has 0 atom stereocenters. The highest BCUT2D eigenvalue weighted by atomic mass is 35.5. The number of hydrogen-bond acceptors (Lipinski definition) is 3. The number of amides is 1. The van der Waals surface area contributed by atoms with Crippen LogP contribution >= 0.6 is 11.6 Å². The van der Waals surface area contributed by atoms with Gasteiger partial charge in [0.15, 0.2) is 0 Å². The Morgan fingerprint density at radius 1 is 1.35 bits per heavy atom. The Bertz CT molecular complexity index is 413. The lowest BCUT2D eigenvalue weighted by Gasteiger charge is -2.20. The fraction of sp³-hybridized carbons (Fsp3) is 0.417. The Morgan fingerprint density at radius 3 is 2.53 bits per heavy atom. The lowest BCUT2D eigenvalue weighted by Crippen LogP contribution is -2.27. The lowest BCUT2D eigenvalue weighted by atomic mass is 10.2. The Morgan fingerprint density at radius 2 is 2.00 bits per heavy atom. The van der Waals surface area contributed by atoms with Gasteiger partial charge in [0.2, 0.25) is 0 Å². The van der Waals surface area contributed by atoms with Gasteiger partial charge in [0.25, 0.3) is 0 Å². The van der Waals surface area contributed by atoms with Crippen molar-refractivity contribution >= 4 is 23.4 Å². The molecule has 0 aliphatic rings. The molecule has 5 heteroatoms. The number of carbonyl (C=O) groups is 1. The van der Waals surface area contributed by atoms with E-state index in [1.807, 2.05) is 0 Å². The molecule has 1 amide bonds. The number of halogens is 1. The van der Waals surface area contributed by atoms with Gasteiger partial charge in [0, 0.05) is 6.07 Å². The van der Waals surface area contributed by atoms with Crippen molar-refractivity contribution in [2.75, 3.05) is 12.4 Å². The number of hydrogen-bond donors (Lipinski definition) is 1. The Balaban J connectivity index is 2.77. The molecule has 0 heterocycles. The maximum Gasteiger partial charge on any atom is 0.412 e. The van der Waals surface area contributed by atoms with E-state index in [0.29, 0.717) is 16.5 Å². The van der Waals surface area contributed by atoms with Crippen molar-refractivity contribution in [3.05, 3.63) is 23.2 Å². The predicted molar refractivity (Wildman–Crippen MR) is 67.9 cm³/mol. The van der Waals surface area contributed by atoms with Crippen LogP contribution in [0.2, 0.25) is 5.02 Å². The third kappa shape index (κ3) is 4.53. The molecule has 4 nitrogen and oxygen atoms in total. The minimum absolute atomic E-state index is 0.427. The first kappa shape index (κ1) is 13.6. The SMILES string of the molecule is COc1ccc(Cl)c(NC(=O)OC(C)(C)C)c1. The van der Waals surface area contributed by atoms with E-state index in [0.717, 1.165) is 0 Å². The largest absolute Gasteiger partial charge is 0.497 e. The van der Waals surface area contributed by atoms with Crippen molar-refractivity contribution in [1.82, 2.24) is 0 Å². The zero-order valence-corrected chi connectivity index (χ0v) is 11.1. The number of carbonyl (C=O) groups excluding carboxylic acids is 1. The maximum atomic E-state index is 11.5. The van der Waals surface area contributed by atoms with E-state index in [4.69, 9.17) is 21.1 Å². The third-order valence-electron chi connectivity index (χ3n) is 1.81. The van der Waals surface area contributed by atoms with Crippen LogP contribution in [0.3, 0.4) is 0 Å². The van der Waals surface area contributed by atoms with Crippen LogP contribution in [0, 0.1) is 0 Å². The van der Waals surface area contributed by atoms with Crippen LogP contribution in [-0.2, 0) is 4.74 Å². The summed E-state index contributed by atoms with van der Waals surface area (Å²) in [5.74, 6) is 0.612. The molecule has 0 fully saturated rings. The molecular weight excluding hydrogens is 242 g/mol. The highest BCUT2D eigenvalue weighted by Gasteiger charge is 2.17. The van der Waals surface area contributed by atoms with Crippen molar-refractivity contribution in [3.63, 3.8) is 0 Å². The standard InChI is InChI=1S/C12H16ClNO3/c1-12(2,3)17-11(15)14-10-7-8(16-4)5-6-9(10)13/h5-7H,1-4H3,(H,14,15). The van der Waals surface area contributed by atoms with Crippen molar-refractivity contribution in [2.24, 2.45) is 0 Å². The van der Waals surface area contributed by atoms with E-state index in [9.17, 15) is 4.79 Å². The van der Waals surface area contributed by atoms with Crippen LogP contribution in [0.5, 0.6) is 5.75 Å². The highest BCUT2D eigenvalue weighted by Crippen LogP contribution is 2.27. The minimum Gasteiger partial charge on any atom is -0.497 e. The lowest BCUT2D eigenvalue weighted by molar-refractivity contribution is 0.0636. The second kappa shape index (κ2) is 5.27. The average molecular weight is 258 g/mol. The summed E-state index contributed by atoms with van der Waals surface area (Å²) < 4.78 is 10.2. The number of nitrogens with one attached hydrogen (secondary N) is 1. The van der Waals surface area contributed by atoms with Gasteiger partial charge < -0.3 is 9.47 Å². The number of methoxy groups -OCH3 is 1. The molecule has 0 aliphatic carbocycles. The summed E-state index contributed by atoms with van der Waals surface area (Å²) in [6, 6.07) is 4.99. The fourth-order valence-corrected chi connectivity index (χ4v) is 1.31. The molecule has 1 N–H and O–H groups in total. The van der Waals surface area contributed by atoms with E-state index < -0.39 is 11.7 Å². The van der Waals surface area contributed by atoms with Gasteiger partial charge in [-0.25, -0.2) is 4.79 Å². The van der Waals surface area contributed by atoms with E-state index in [1.54, 1.807) is 46.1 Å². The summed E-state index contributed by atoms with van der Waals surface area (Å²) in [4.78, 5) is 11.5. The van der Waals surface area contributed by atoms with Crippen LogP contribution in [-0.4, -0.2) is 18.8 Å². The van der Waals surface area contributed by atoms with Gasteiger partial charge in [0.05, 0.1) is 17.8 Å². The fourth-order valence-electron chi connectivity index (χ4n) is 1.14. The van der Waals surface area contributed by atoms with Gasteiger partial charge in [-0.1, -0.05) is 11.6 Å². The monoisotopic (exact) mass is 257 g/mol. The topological polar surface area (TPSA) is 47.6 Å². The molecule has 0 aliphatic heterocycles. The summed E-state index contributed by atoms with van der Waals surface area (Å²) in [6.07, 6.45) is -0.548. The minimum atomic E-state index is -0.548. The molecule has 94 valence electrons. The molecule has 1 aromatic rings. The summed E-state index contributed by atoms with van der Waals surface area (Å²) in [6.45, 7) is 5.37. The molecule has 17 heavy (non-hydrogen) atoms. The molecule has 1 rings (SSSR count). The summed E-state index contributed by atoms with van der Waals surface area (Å²) in [5.41, 5.74) is -0.0876. The van der Waals surface area contributed by atoms with Crippen LogP contribution in [0.25, 0.3) is 0 Å². The smallest absolute Gasteiger partial charge is 0.412 e. The Labute approximate surface area is 106 Å². The Kier molecular flexibility index (Phi) is 4.23. The second-order valence-corrected chi connectivity index (χ2v) is 4.88. The van der Waals surface area contributed by atoms with Gasteiger partial charge in [-0.05, 0) is 32.9 Å². The molecular formula is C12H16ClNO3. The first-order chi connectivity index (χ1) is 7.81. The van der Waals surface area contributed by atoms with Crippen molar-refractivity contribution < 1.29 is 14.3 Å². The van der Waals surface area contributed by atoms with Crippen LogP contribution in [0.15, 0.2) is 18.2 Å². The first-order valence-corrected chi connectivity index (χ1v) is 5.53. The predicted octanol–water partition coefficient (Wildman–Crippen LogP) is 3.70. The average Bonchev–Trinajstić information content (AvgIpc) is 2.18. The summed E-state index contributed by atoms with van der Waals surface area (Å²) in [7, 11) is 1.54. The highest BCUT2D eigenvalue weighted by molar-refractivity contribution is 6.33. The van der Waals surface area contributed by atoms with Crippen LogP contribution in [0.4, 0.5) is 10.5 Å². The van der Waals surface area contributed by atoms with Gasteiger partial charge in [0.1, 0.15) is 11.4 Å². The zero-order valence-electron chi connectivity index (χ0n) is 10.3. The van der Waals surface area contributed by atoms with Gasteiger partial charge in [-0.2, -0.15) is 0 Å². The second-order valence-electron chi connectivity index (χ2n) is 4.47. The van der Waals surface area contributed by atoms with Gasteiger partial charge >= 0.3 is 6.09 Å². The van der Waals surface area contributed by atoms with Crippen molar-refractivity contribution in [2.45, 2.75) is 26.4 Å². The van der Waals surface area contributed by atoms with Crippen LogP contribution in [0.1, 0.15) is 20.8 Å². The number of rotatable bonds is 2. The molecule has 0 aromatic heterocycles. The quantitative estimate of drug-likeness (QED) is 0.879. The number of benzene rings is 1. The van der Waals surface area contributed by atoms with Gasteiger partial charge in [-0.3, -0.25) is 5.32 Å². The van der Waals surface area contributed by atoms with E-state index in [1.165, 1.54) is 0 Å². The molecule has 0 radical (unpaired) electrons. The third-order valence-corrected chi connectivity index (χ3v) is 2.14. The summed E-state index contributed by atoms with van der Waals surface area (Å²) >= 11 is 5.94. The van der Waals surface area contributed by atoms with Crippen molar-refractivity contribution in [3.8, 4) is 5.75 Å². The van der Waals surface area contributed by atoms with Crippen molar-refractivity contribution in [1.29, 1.82) is 0 Å². The molecule has 0 spiro atoms. The molecule has 0 unspecified atom stereocenters.